The molecule has 0 saturated carbocycles. The molecule has 0 spiro atoms. The Kier molecular flexibility index (Phi) is 4.96. The molecule has 2 aromatic rings. The molecule has 0 aliphatic rings. The molecule has 0 atom stereocenters. The Hall–Kier alpha value is -0.480. The van der Waals surface area contributed by atoms with Crippen molar-refractivity contribution in [2.45, 2.75) is 42.0 Å². The summed E-state index contributed by atoms with van der Waals surface area (Å²) >= 11 is 9.84. The summed E-state index contributed by atoms with van der Waals surface area (Å²) in [5, 5.41) is 6.43. The molecular weight excluding hydrogens is 294 g/mol. The number of hydrogen-bond acceptors (Lipinski definition) is 3. The lowest BCUT2D eigenvalue weighted by Crippen LogP contribution is -2.35. The molecule has 0 fully saturated rings. The van der Waals surface area contributed by atoms with Gasteiger partial charge in [-0.25, -0.2) is 0 Å². The standard InChI is InChI=1S/C15H18ClNS2/c1-15(2,3)17-10-11-6-4-7-12(16)14(11)19-13-8-5-9-18-13/h4-9,17H,10H2,1-3H3. The second-order valence-electron chi connectivity index (χ2n) is 5.37. The number of nitrogens with one attached hydrogen (secondary N) is 1. The molecule has 19 heavy (non-hydrogen) atoms. The van der Waals surface area contributed by atoms with Gasteiger partial charge in [0.25, 0.3) is 0 Å². The molecule has 0 unspecified atom stereocenters. The molecule has 1 aromatic heterocycles. The van der Waals surface area contributed by atoms with Crippen molar-refractivity contribution < 1.29 is 0 Å². The summed E-state index contributed by atoms with van der Waals surface area (Å²) in [6.07, 6.45) is 0. The van der Waals surface area contributed by atoms with Crippen LogP contribution < -0.4 is 5.32 Å². The summed E-state index contributed by atoms with van der Waals surface area (Å²) < 4.78 is 1.27. The summed E-state index contributed by atoms with van der Waals surface area (Å²) in [5.74, 6) is 0. The van der Waals surface area contributed by atoms with E-state index < -0.39 is 0 Å². The number of hydrogen-bond donors (Lipinski definition) is 1. The van der Waals surface area contributed by atoms with Gasteiger partial charge in [0.05, 0.1) is 9.23 Å². The first-order valence-corrected chi connectivity index (χ1v) is 8.27. The molecule has 0 aliphatic heterocycles. The van der Waals surface area contributed by atoms with Crippen LogP contribution in [0.1, 0.15) is 26.3 Å². The van der Waals surface area contributed by atoms with Gasteiger partial charge in [-0.1, -0.05) is 41.6 Å². The maximum atomic E-state index is 6.35. The molecule has 1 aromatic carbocycles. The van der Waals surface area contributed by atoms with Crippen LogP contribution in [0.25, 0.3) is 0 Å². The zero-order valence-electron chi connectivity index (χ0n) is 11.4. The molecule has 0 radical (unpaired) electrons. The summed E-state index contributed by atoms with van der Waals surface area (Å²) in [6.45, 7) is 7.34. The van der Waals surface area contributed by atoms with Gasteiger partial charge in [0.15, 0.2) is 0 Å². The summed E-state index contributed by atoms with van der Waals surface area (Å²) in [4.78, 5) is 1.16. The fraction of sp³-hybridized carbons (Fsp3) is 0.333. The average molecular weight is 312 g/mol. The number of thiophene rings is 1. The van der Waals surface area contributed by atoms with Gasteiger partial charge in [-0.3, -0.25) is 0 Å². The molecule has 0 aliphatic carbocycles. The van der Waals surface area contributed by atoms with Gasteiger partial charge in [-0.15, -0.1) is 11.3 Å². The second kappa shape index (κ2) is 6.31. The van der Waals surface area contributed by atoms with E-state index >= 15 is 0 Å². The van der Waals surface area contributed by atoms with Gasteiger partial charge in [-0.05, 0) is 43.8 Å². The van der Waals surface area contributed by atoms with Crippen LogP contribution >= 0.6 is 34.7 Å². The SMILES string of the molecule is CC(C)(C)NCc1cccc(Cl)c1Sc1cccs1. The van der Waals surface area contributed by atoms with Gasteiger partial charge >= 0.3 is 0 Å². The minimum atomic E-state index is 0.104. The van der Waals surface area contributed by atoms with Crippen LogP contribution in [0, 0.1) is 0 Å². The van der Waals surface area contributed by atoms with Crippen LogP contribution in [0.2, 0.25) is 5.02 Å². The van der Waals surface area contributed by atoms with E-state index in [4.69, 9.17) is 11.6 Å². The number of halogens is 1. The largest absolute Gasteiger partial charge is 0.308 e. The van der Waals surface area contributed by atoms with Gasteiger partial charge in [0.2, 0.25) is 0 Å². The van der Waals surface area contributed by atoms with E-state index in [1.807, 2.05) is 12.1 Å². The molecule has 4 heteroatoms. The quantitative estimate of drug-likeness (QED) is 0.806. The van der Waals surface area contributed by atoms with Crippen molar-refractivity contribution in [3.8, 4) is 0 Å². The Balaban J connectivity index is 2.21. The monoisotopic (exact) mass is 311 g/mol. The molecule has 2 rings (SSSR count). The lowest BCUT2D eigenvalue weighted by Gasteiger charge is -2.21. The fourth-order valence-electron chi connectivity index (χ4n) is 1.59. The lowest BCUT2D eigenvalue weighted by molar-refractivity contribution is 0.422. The Morgan fingerprint density at radius 2 is 2.00 bits per heavy atom. The van der Waals surface area contributed by atoms with E-state index in [1.54, 1.807) is 23.1 Å². The van der Waals surface area contributed by atoms with Crippen molar-refractivity contribution in [1.82, 2.24) is 5.32 Å². The maximum Gasteiger partial charge on any atom is 0.0646 e. The number of benzene rings is 1. The predicted molar refractivity (Wildman–Crippen MR) is 86.5 cm³/mol. The number of rotatable bonds is 4. The zero-order chi connectivity index (χ0) is 13.9. The second-order valence-corrected chi connectivity index (χ2v) is 8.03. The maximum absolute atomic E-state index is 6.35. The summed E-state index contributed by atoms with van der Waals surface area (Å²) in [6, 6.07) is 10.3. The fourth-order valence-corrected chi connectivity index (χ4v) is 3.74. The van der Waals surface area contributed by atoms with Crippen molar-refractivity contribution in [3.63, 3.8) is 0 Å². The molecular formula is C15H18ClNS2. The van der Waals surface area contributed by atoms with Crippen molar-refractivity contribution >= 4 is 34.7 Å². The van der Waals surface area contributed by atoms with Crippen LogP contribution in [-0.4, -0.2) is 5.54 Å². The van der Waals surface area contributed by atoms with Crippen LogP contribution in [-0.2, 0) is 6.54 Å². The average Bonchev–Trinajstić information content (AvgIpc) is 2.82. The van der Waals surface area contributed by atoms with Crippen molar-refractivity contribution in [1.29, 1.82) is 0 Å². The van der Waals surface area contributed by atoms with E-state index in [0.717, 1.165) is 16.5 Å². The molecule has 1 nitrogen and oxygen atoms in total. The van der Waals surface area contributed by atoms with E-state index in [-0.39, 0.29) is 5.54 Å². The lowest BCUT2D eigenvalue weighted by atomic mass is 10.1. The van der Waals surface area contributed by atoms with Gasteiger partial charge in [-0.2, -0.15) is 0 Å². The topological polar surface area (TPSA) is 12.0 Å². The first kappa shape index (κ1) is 14.9. The van der Waals surface area contributed by atoms with E-state index in [2.05, 4.69) is 49.7 Å². The molecule has 0 bridgehead atoms. The van der Waals surface area contributed by atoms with Crippen molar-refractivity contribution in [3.05, 3.63) is 46.3 Å². The highest BCUT2D eigenvalue weighted by Crippen LogP contribution is 2.38. The first-order valence-electron chi connectivity index (χ1n) is 6.19. The third-order valence-corrected chi connectivity index (χ3v) is 5.21. The van der Waals surface area contributed by atoms with Crippen LogP contribution in [0.5, 0.6) is 0 Å². The normalized spacial score (nSPS) is 11.8. The van der Waals surface area contributed by atoms with Crippen LogP contribution in [0.15, 0.2) is 44.8 Å². The zero-order valence-corrected chi connectivity index (χ0v) is 13.8. The Bertz CT molecular complexity index is 530. The Labute approximate surface area is 128 Å². The third-order valence-electron chi connectivity index (χ3n) is 2.56. The smallest absolute Gasteiger partial charge is 0.0646 e. The molecule has 0 amide bonds. The van der Waals surface area contributed by atoms with E-state index in [1.165, 1.54) is 9.77 Å². The Morgan fingerprint density at radius 1 is 1.21 bits per heavy atom. The van der Waals surface area contributed by atoms with Gasteiger partial charge in [0.1, 0.15) is 0 Å². The van der Waals surface area contributed by atoms with Crippen molar-refractivity contribution in [2.24, 2.45) is 0 Å². The highest BCUT2D eigenvalue weighted by atomic mass is 35.5. The predicted octanol–water partition coefficient (Wildman–Crippen LogP) is 5.44. The summed E-state index contributed by atoms with van der Waals surface area (Å²) in [7, 11) is 0. The van der Waals surface area contributed by atoms with Crippen LogP contribution in [0.3, 0.4) is 0 Å². The molecule has 1 N–H and O–H groups in total. The minimum Gasteiger partial charge on any atom is -0.308 e. The van der Waals surface area contributed by atoms with Gasteiger partial charge in [0, 0.05) is 17.0 Å². The van der Waals surface area contributed by atoms with E-state index in [0.29, 0.717) is 0 Å². The first-order chi connectivity index (χ1) is 8.96. The highest BCUT2D eigenvalue weighted by Gasteiger charge is 2.13. The molecule has 0 saturated heterocycles. The minimum absolute atomic E-state index is 0.104. The van der Waals surface area contributed by atoms with E-state index in [9.17, 15) is 0 Å². The Morgan fingerprint density at radius 3 is 2.63 bits per heavy atom. The summed E-state index contributed by atoms with van der Waals surface area (Å²) in [5.41, 5.74) is 1.36. The molecule has 1 heterocycles. The van der Waals surface area contributed by atoms with Crippen molar-refractivity contribution in [2.75, 3.05) is 0 Å². The van der Waals surface area contributed by atoms with Gasteiger partial charge < -0.3 is 5.32 Å². The molecule has 102 valence electrons. The third kappa shape index (κ3) is 4.53. The highest BCUT2D eigenvalue weighted by molar-refractivity contribution is 8.01. The van der Waals surface area contributed by atoms with Crippen LogP contribution in [0.4, 0.5) is 0 Å².